The van der Waals surface area contributed by atoms with Gasteiger partial charge in [-0.2, -0.15) is 0 Å². The number of rotatable bonds is 6. The molecule has 0 amide bonds. The van der Waals surface area contributed by atoms with Gasteiger partial charge in [-0.15, -0.1) is 0 Å². The van der Waals surface area contributed by atoms with Crippen LogP contribution in [-0.4, -0.2) is 6.54 Å². The zero-order chi connectivity index (χ0) is 15.2. The summed E-state index contributed by atoms with van der Waals surface area (Å²) in [6, 6.07) is 10.4. The molecule has 0 spiro atoms. The Morgan fingerprint density at radius 3 is 2.67 bits per heavy atom. The molecule has 0 aromatic heterocycles. The molecule has 0 saturated carbocycles. The summed E-state index contributed by atoms with van der Waals surface area (Å²) in [5.74, 6) is 0.0651. The lowest BCUT2D eigenvalue weighted by Gasteiger charge is -2.11. The highest BCUT2D eigenvalue weighted by atomic mass is 35.5. The number of ether oxygens (including phenoxy) is 1. The topological polar surface area (TPSA) is 21.3 Å². The minimum atomic E-state index is -0.459. The van der Waals surface area contributed by atoms with Gasteiger partial charge in [0.1, 0.15) is 18.2 Å². The number of halogens is 3. The van der Waals surface area contributed by atoms with Crippen LogP contribution in [0.4, 0.5) is 4.39 Å². The summed E-state index contributed by atoms with van der Waals surface area (Å²) in [4.78, 5) is 0. The first-order valence-electron chi connectivity index (χ1n) is 6.66. The molecule has 1 N–H and O–H groups in total. The Labute approximate surface area is 133 Å². The van der Waals surface area contributed by atoms with Crippen LogP contribution in [0.2, 0.25) is 10.0 Å². The molecule has 0 fully saturated rings. The average Bonchev–Trinajstić information content (AvgIpc) is 2.48. The Morgan fingerprint density at radius 2 is 1.95 bits per heavy atom. The van der Waals surface area contributed by atoms with E-state index in [9.17, 15) is 4.39 Å². The van der Waals surface area contributed by atoms with Gasteiger partial charge in [-0.05, 0) is 30.3 Å². The Morgan fingerprint density at radius 1 is 1.14 bits per heavy atom. The summed E-state index contributed by atoms with van der Waals surface area (Å²) >= 11 is 11.9. The maximum atomic E-state index is 13.8. The van der Waals surface area contributed by atoms with Crippen molar-refractivity contribution in [2.45, 2.75) is 20.1 Å². The second kappa shape index (κ2) is 7.64. The molecular weight excluding hydrogens is 312 g/mol. The SMILES string of the molecule is CCNCc1ccc(OCc2cccc(Cl)c2F)c(Cl)c1. The number of hydrogen-bond acceptors (Lipinski definition) is 2. The van der Waals surface area contributed by atoms with Crippen molar-refractivity contribution in [1.82, 2.24) is 5.32 Å². The Hall–Kier alpha value is -1.29. The van der Waals surface area contributed by atoms with Gasteiger partial charge in [0.05, 0.1) is 10.0 Å². The van der Waals surface area contributed by atoms with Gasteiger partial charge in [0, 0.05) is 12.1 Å². The molecule has 112 valence electrons. The predicted octanol–water partition coefficient (Wildman–Crippen LogP) is 4.82. The second-order valence-electron chi connectivity index (χ2n) is 4.55. The van der Waals surface area contributed by atoms with Crippen LogP contribution < -0.4 is 10.1 Å². The highest BCUT2D eigenvalue weighted by molar-refractivity contribution is 6.32. The highest BCUT2D eigenvalue weighted by Crippen LogP contribution is 2.27. The Kier molecular flexibility index (Phi) is 5.85. The van der Waals surface area contributed by atoms with E-state index in [4.69, 9.17) is 27.9 Å². The predicted molar refractivity (Wildman–Crippen MR) is 84.6 cm³/mol. The van der Waals surface area contributed by atoms with Gasteiger partial charge in [0.2, 0.25) is 0 Å². The molecule has 0 aliphatic rings. The molecule has 0 aliphatic heterocycles. The summed E-state index contributed by atoms with van der Waals surface area (Å²) < 4.78 is 19.3. The first-order valence-corrected chi connectivity index (χ1v) is 7.42. The summed E-state index contributed by atoms with van der Waals surface area (Å²) in [7, 11) is 0. The quantitative estimate of drug-likeness (QED) is 0.821. The van der Waals surface area contributed by atoms with Crippen LogP contribution in [0.1, 0.15) is 18.1 Å². The maximum Gasteiger partial charge on any atom is 0.148 e. The van der Waals surface area contributed by atoms with Crippen LogP contribution in [0, 0.1) is 5.82 Å². The van der Waals surface area contributed by atoms with E-state index in [1.807, 2.05) is 19.1 Å². The van der Waals surface area contributed by atoms with Gasteiger partial charge in [0.25, 0.3) is 0 Å². The van der Waals surface area contributed by atoms with Crippen LogP contribution in [-0.2, 0) is 13.2 Å². The van der Waals surface area contributed by atoms with Crippen molar-refractivity contribution < 1.29 is 9.13 Å². The van der Waals surface area contributed by atoms with Gasteiger partial charge in [-0.1, -0.05) is 48.3 Å². The maximum absolute atomic E-state index is 13.8. The highest BCUT2D eigenvalue weighted by Gasteiger charge is 2.08. The van der Waals surface area contributed by atoms with Gasteiger partial charge in [0.15, 0.2) is 0 Å². The average molecular weight is 328 g/mol. The van der Waals surface area contributed by atoms with Crippen LogP contribution >= 0.6 is 23.2 Å². The Bertz CT molecular complexity index is 619. The fraction of sp³-hybridized carbons (Fsp3) is 0.250. The molecule has 0 radical (unpaired) electrons. The van der Waals surface area contributed by atoms with Crippen LogP contribution in [0.15, 0.2) is 36.4 Å². The molecule has 21 heavy (non-hydrogen) atoms. The Balaban J connectivity index is 2.04. The van der Waals surface area contributed by atoms with E-state index in [1.165, 1.54) is 6.07 Å². The van der Waals surface area contributed by atoms with Crippen molar-refractivity contribution in [2.24, 2.45) is 0 Å². The van der Waals surface area contributed by atoms with Crippen molar-refractivity contribution in [1.29, 1.82) is 0 Å². The third-order valence-corrected chi connectivity index (χ3v) is 3.58. The first kappa shape index (κ1) is 16.1. The summed E-state index contributed by atoms with van der Waals surface area (Å²) in [5.41, 5.74) is 1.47. The van der Waals surface area contributed by atoms with Crippen LogP contribution in [0.25, 0.3) is 0 Å². The summed E-state index contributed by atoms with van der Waals surface area (Å²) in [6.45, 7) is 3.76. The van der Waals surface area contributed by atoms with E-state index < -0.39 is 5.82 Å². The molecule has 2 aromatic rings. The molecule has 2 aromatic carbocycles. The van der Waals surface area contributed by atoms with E-state index in [0.717, 1.165) is 18.7 Å². The van der Waals surface area contributed by atoms with Crippen LogP contribution in [0.3, 0.4) is 0 Å². The molecular formula is C16H16Cl2FNO. The monoisotopic (exact) mass is 327 g/mol. The molecule has 0 aliphatic carbocycles. The third-order valence-electron chi connectivity index (χ3n) is 2.99. The molecule has 0 bridgehead atoms. The van der Waals surface area contributed by atoms with Crippen molar-refractivity contribution in [2.75, 3.05) is 6.54 Å². The fourth-order valence-electron chi connectivity index (χ4n) is 1.86. The van der Waals surface area contributed by atoms with Gasteiger partial charge in [-0.3, -0.25) is 0 Å². The normalized spacial score (nSPS) is 10.7. The third kappa shape index (κ3) is 4.34. The largest absolute Gasteiger partial charge is 0.487 e. The minimum Gasteiger partial charge on any atom is -0.487 e. The zero-order valence-electron chi connectivity index (χ0n) is 11.6. The first-order chi connectivity index (χ1) is 10.1. The van der Waals surface area contributed by atoms with E-state index in [2.05, 4.69) is 5.32 Å². The van der Waals surface area contributed by atoms with E-state index in [0.29, 0.717) is 16.3 Å². The number of hydrogen-bond donors (Lipinski definition) is 1. The lowest BCUT2D eigenvalue weighted by Crippen LogP contribution is -2.11. The van der Waals surface area contributed by atoms with Crippen molar-refractivity contribution in [3.63, 3.8) is 0 Å². The lowest BCUT2D eigenvalue weighted by atomic mass is 10.2. The van der Waals surface area contributed by atoms with Crippen LogP contribution in [0.5, 0.6) is 5.75 Å². The minimum absolute atomic E-state index is 0.0820. The summed E-state index contributed by atoms with van der Waals surface area (Å²) in [5, 5.41) is 3.81. The zero-order valence-corrected chi connectivity index (χ0v) is 13.1. The molecule has 0 unspecified atom stereocenters. The van der Waals surface area contributed by atoms with Gasteiger partial charge in [-0.25, -0.2) is 4.39 Å². The second-order valence-corrected chi connectivity index (χ2v) is 5.36. The molecule has 5 heteroatoms. The number of benzene rings is 2. The lowest BCUT2D eigenvalue weighted by molar-refractivity contribution is 0.300. The standard InChI is InChI=1S/C16H16Cl2FNO/c1-2-20-9-11-6-7-15(14(18)8-11)21-10-12-4-3-5-13(17)16(12)19/h3-8,20H,2,9-10H2,1H3. The van der Waals surface area contributed by atoms with Crippen molar-refractivity contribution in [3.8, 4) is 5.75 Å². The van der Waals surface area contributed by atoms with E-state index >= 15 is 0 Å². The smallest absolute Gasteiger partial charge is 0.148 e. The molecule has 0 atom stereocenters. The van der Waals surface area contributed by atoms with Crippen molar-refractivity contribution in [3.05, 3.63) is 63.4 Å². The number of nitrogens with one attached hydrogen (secondary N) is 1. The van der Waals surface area contributed by atoms with Crippen molar-refractivity contribution >= 4 is 23.2 Å². The molecule has 0 saturated heterocycles. The molecule has 2 rings (SSSR count). The molecule has 2 nitrogen and oxygen atoms in total. The molecule has 0 heterocycles. The van der Waals surface area contributed by atoms with Gasteiger partial charge >= 0.3 is 0 Å². The van der Waals surface area contributed by atoms with E-state index in [1.54, 1.807) is 18.2 Å². The fourth-order valence-corrected chi connectivity index (χ4v) is 2.31. The van der Waals surface area contributed by atoms with Gasteiger partial charge < -0.3 is 10.1 Å². The summed E-state index contributed by atoms with van der Waals surface area (Å²) in [6.07, 6.45) is 0. The van der Waals surface area contributed by atoms with E-state index in [-0.39, 0.29) is 11.6 Å².